The van der Waals surface area contributed by atoms with Crippen LogP contribution in [0.15, 0.2) is 0 Å². The van der Waals surface area contributed by atoms with Gasteiger partial charge in [-0.05, 0) is 26.3 Å². The number of rotatable bonds is 0. The van der Waals surface area contributed by atoms with E-state index in [1.54, 1.807) is 0 Å². The van der Waals surface area contributed by atoms with Gasteiger partial charge in [0.25, 0.3) is 5.97 Å². The van der Waals surface area contributed by atoms with Crippen LogP contribution in [0, 0.1) is 5.92 Å². The van der Waals surface area contributed by atoms with E-state index in [9.17, 15) is 0 Å². The van der Waals surface area contributed by atoms with Gasteiger partial charge in [-0.3, -0.25) is 4.79 Å². The Morgan fingerprint density at radius 3 is 2.00 bits per heavy atom. The molecule has 1 aliphatic rings. The van der Waals surface area contributed by atoms with E-state index in [-0.39, 0.29) is 0 Å². The van der Waals surface area contributed by atoms with Gasteiger partial charge < -0.3 is 10.0 Å². The molecule has 3 heteroatoms. The molecule has 0 aromatic carbocycles. The Kier molecular flexibility index (Phi) is 4.90. The summed E-state index contributed by atoms with van der Waals surface area (Å²) >= 11 is 0. The first-order chi connectivity index (χ1) is 5.43. The zero-order valence-corrected chi connectivity index (χ0v) is 8.37. The van der Waals surface area contributed by atoms with Crippen molar-refractivity contribution >= 4 is 5.97 Å². The lowest BCUT2D eigenvalue weighted by molar-refractivity contribution is -0.134. The monoisotopic (exact) mass is 173 g/mol. The maximum absolute atomic E-state index is 9.00. The average molecular weight is 173 g/mol. The quantitative estimate of drug-likeness (QED) is 0.602. The zero-order valence-electron chi connectivity index (χ0n) is 8.37. The molecule has 1 saturated heterocycles. The molecule has 0 saturated carbocycles. The van der Waals surface area contributed by atoms with Crippen molar-refractivity contribution in [2.75, 3.05) is 13.6 Å². The van der Waals surface area contributed by atoms with Crippen LogP contribution in [-0.2, 0) is 4.79 Å². The van der Waals surface area contributed by atoms with E-state index in [1.165, 1.54) is 13.0 Å². The van der Waals surface area contributed by atoms with E-state index in [0.717, 1.165) is 18.9 Å². The summed E-state index contributed by atoms with van der Waals surface area (Å²) in [6.45, 7) is 6.99. The third-order valence-electron chi connectivity index (χ3n) is 2.10. The Labute approximate surface area is 74.4 Å². The molecule has 12 heavy (non-hydrogen) atoms. The Morgan fingerprint density at radius 2 is 1.92 bits per heavy atom. The first-order valence-corrected chi connectivity index (χ1v) is 4.33. The number of carbonyl (C=O) groups is 1. The molecule has 0 bridgehead atoms. The maximum Gasteiger partial charge on any atom is 0.300 e. The molecule has 1 fully saturated rings. The highest BCUT2D eigenvalue weighted by Crippen LogP contribution is 2.19. The number of nitrogens with zero attached hydrogens (tertiary/aromatic N) is 1. The van der Waals surface area contributed by atoms with Gasteiger partial charge in [0.15, 0.2) is 0 Å². The first-order valence-electron chi connectivity index (χ1n) is 4.33. The van der Waals surface area contributed by atoms with Crippen molar-refractivity contribution in [3.63, 3.8) is 0 Å². The molecule has 1 N–H and O–H groups in total. The minimum absolute atomic E-state index is 0.824. The van der Waals surface area contributed by atoms with E-state index >= 15 is 0 Å². The van der Waals surface area contributed by atoms with E-state index in [1.807, 2.05) is 0 Å². The summed E-state index contributed by atoms with van der Waals surface area (Å²) in [5.41, 5.74) is 0. The van der Waals surface area contributed by atoms with Gasteiger partial charge in [0.1, 0.15) is 0 Å². The molecule has 0 amide bonds. The Bertz CT molecular complexity index is 133. The van der Waals surface area contributed by atoms with Crippen LogP contribution in [0.25, 0.3) is 0 Å². The predicted molar refractivity (Wildman–Crippen MR) is 49.2 cm³/mol. The maximum atomic E-state index is 9.00. The molecule has 0 spiro atoms. The molecule has 0 aliphatic carbocycles. The molecule has 0 aromatic heterocycles. The summed E-state index contributed by atoms with van der Waals surface area (Å²) in [6.07, 6.45) is 1.39. The predicted octanol–water partition coefficient (Wildman–Crippen LogP) is 1.44. The molecule has 2 atom stereocenters. The highest BCUT2D eigenvalue weighted by atomic mass is 16.4. The van der Waals surface area contributed by atoms with Crippen LogP contribution in [0.2, 0.25) is 0 Å². The molecule has 1 aliphatic heterocycles. The Balaban J connectivity index is 0.000000261. The summed E-state index contributed by atoms with van der Waals surface area (Å²) in [7, 11) is 2.20. The van der Waals surface area contributed by atoms with Crippen LogP contribution in [0.4, 0.5) is 0 Å². The van der Waals surface area contributed by atoms with Crippen molar-refractivity contribution < 1.29 is 9.90 Å². The fourth-order valence-corrected chi connectivity index (χ4v) is 1.51. The Morgan fingerprint density at radius 1 is 1.50 bits per heavy atom. The lowest BCUT2D eigenvalue weighted by atomic mass is 10.1. The van der Waals surface area contributed by atoms with E-state index in [4.69, 9.17) is 9.90 Å². The standard InChI is InChI=1S/C7H15N.C2H4O2/c1-6-4-7(2)8(3)5-6;1-2(3)4/h6-7H,4-5H2,1-3H3;1H3,(H,3,4)/t6-,7?;/m1./s1. The molecule has 1 rings (SSSR count). The van der Waals surface area contributed by atoms with Gasteiger partial charge in [-0.25, -0.2) is 0 Å². The fourth-order valence-electron chi connectivity index (χ4n) is 1.51. The second kappa shape index (κ2) is 5.14. The van der Waals surface area contributed by atoms with Gasteiger partial charge in [0.2, 0.25) is 0 Å². The van der Waals surface area contributed by atoms with Crippen molar-refractivity contribution in [2.45, 2.75) is 33.2 Å². The van der Waals surface area contributed by atoms with E-state index in [0.29, 0.717) is 0 Å². The van der Waals surface area contributed by atoms with Gasteiger partial charge in [0.05, 0.1) is 0 Å². The SMILES string of the molecule is CC(=O)O.CC1C[C@@H](C)CN1C. The van der Waals surface area contributed by atoms with Crippen molar-refractivity contribution in [1.82, 2.24) is 4.90 Å². The molecular weight excluding hydrogens is 154 g/mol. The molecule has 0 radical (unpaired) electrons. The summed E-state index contributed by atoms with van der Waals surface area (Å²) in [4.78, 5) is 11.4. The highest BCUT2D eigenvalue weighted by molar-refractivity contribution is 5.62. The minimum atomic E-state index is -0.833. The fraction of sp³-hybridized carbons (Fsp3) is 0.889. The van der Waals surface area contributed by atoms with Crippen molar-refractivity contribution in [1.29, 1.82) is 0 Å². The summed E-state index contributed by atoms with van der Waals surface area (Å²) in [6, 6.07) is 0.824. The third kappa shape index (κ3) is 5.13. The molecular formula is C9H19NO2. The molecule has 1 unspecified atom stereocenters. The van der Waals surface area contributed by atoms with E-state index < -0.39 is 5.97 Å². The number of likely N-dealkylation sites (tertiary alicyclic amines) is 1. The largest absolute Gasteiger partial charge is 0.481 e. The second-order valence-corrected chi connectivity index (χ2v) is 3.65. The van der Waals surface area contributed by atoms with Gasteiger partial charge in [0, 0.05) is 19.5 Å². The van der Waals surface area contributed by atoms with Crippen LogP contribution in [0.1, 0.15) is 27.2 Å². The topological polar surface area (TPSA) is 40.5 Å². The van der Waals surface area contributed by atoms with Crippen molar-refractivity contribution in [3.8, 4) is 0 Å². The normalized spacial score (nSPS) is 29.3. The molecule has 0 aromatic rings. The second-order valence-electron chi connectivity index (χ2n) is 3.65. The summed E-state index contributed by atoms with van der Waals surface area (Å²) in [5, 5.41) is 7.42. The van der Waals surface area contributed by atoms with Crippen LogP contribution >= 0.6 is 0 Å². The number of hydrogen-bond acceptors (Lipinski definition) is 2. The highest BCUT2D eigenvalue weighted by Gasteiger charge is 2.21. The van der Waals surface area contributed by atoms with Gasteiger partial charge in [-0.15, -0.1) is 0 Å². The lowest BCUT2D eigenvalue weighted by Crippen LogP contribution is -2.21. The van der Waals surface area contributed by atoms with Gasteiger partial charge in [-0.2, -0.15) is 0 Å². The molecule has 3 nitrogen and oxygen atoms in total. The summed E-state index contributed by atoms with van der Waals surface area (Å²) < 4.78 is 0. The van der Waals surface area contributed by atoms with Crippen LogP contribution in [-0.4, -0.2) is 35.6 Å². The first kappa shape index (κ1) is 11.4. The number of carboxylic acids is 1. The number of carboxylic acid groups (broad SMARTS) is 1. The minimum Gasteiger partial charge on any atom is -0.481 e. The van der Waals surface area contributed by atoms with Crippen LogP contribution < -0.4 is 0 Å². The Hall–Kier alpha value is -0.570. The van der Waals surface area contributed by atoms with E-state index in [2.05, 4.69) is 25.8 Å². The summed E-state index contributed by atoms with van der Waals surface area (Å²) in [5.74, 6) is 0.0926. The van der Waals surface area contributed by atoms with Crippen molar-refractivity contribution in [3.05, 3.63) is 0 Å². The van der Waals surface area contributed by atoms with Gasteiger partial charge in [-0.1, -0.05) is 6.92 Å². The third-order valence-corrected chi connectivity index (χ3v) is 2.10. The van der Waals surface area contributed by atoms with Crippen LogP contribution in [0.3, 0.4) is 0 Å². The molecule has 1 heterocycles. The number of aliphatic carboxylic acids is 1. The average Bonchev–Trinajstić information content (AvgIpc) is 2.08. The lowest BCUT2D eigenvalue weighted by Gasteiger charge is -2.12. The smallest absolute Gasteiger partial charge is 0.300 e. The van der Waals surface area contributed by atoms with Crippen LogP contribution in [0.5, 0.6) is 0 Å². The van der Waals surface area contributed by atoms with Gasteiger partial charge >= 0.3 is 0 Å². The number of hydrogen-bond donors (Lipinski definition) is 1. The molecule has 72 valence electrons. The van der Waals surface area contributed by atoms with Crippen molar-refractivity contribution in [2.24, 2.45) is 5.92 Å². The zero-order chi connectivity index (χ0) is 9.72.